The van der Waals surface area contributed by atoms with Gasteiger partial charge in [-0.25, -0.2) is 8.42 Å². The van der Waals surface area contributed by atoms with Crippen molar-refractivity contribution in [3.05, 3.63) is 29.8 Å². The van der Waals surface area contributed by atoms with Crippen LogP contribution in [0.3, 0.4) is 0 Å². The lowest BCUT2D eigenvalue weighted by atomic mass is 10.2. The van der Waals surface area contributed by atoms with Gasteiger partial charge in [0.1, 0.15) is 0 Å². The van der Waals surface area contributed by atoms with E-state index in [1.165, 1.54) is 0 Å². The van der Waals surface area contributed by atoms with Gasteiger partial charge in [-0.15, -0.1) is 0 Å². The summed E-state index contributed by atoms with van der Waals surface area (Å²) in [6.45, 7) is 2.34. The van der Waals surface area contributed by atoms with E-state index in [9.17, 15) is 13.2 Å². The van der Waals surface area contributed by atoms with Crippen molar-refractivity contribution in [1.29, 1.82) is 0 Å². The van der Waals surface area contributed by atoms with Crippen molar-refractivity contribution >= 4 is 21.4 Å². The third-order valence-electron chi connectivity index (χ3n) is 3.15. The third-order valence-corrected chi connectivity index (χ3v) is 4.89. The number of carbonyl (C=O) groups excluding carboxylic acids is 1. The lowest BCUT2D eigenvalue weighted by molar-refractivity contribution is -0.116. The highest BCUT2D eigenvalue weighted by Gasteiger charge is 2.25. The van der Waals surface area contributed by atoms with E-state index in [2.05, 4.69) is 10.6 Å². The van der Waals surface area contributed by atoms with E-state index < -0.39 is 9.84 Å². The average Bonchev–Trinajstić information content (AvgIpc) is 2.30. The first-order valence-corrected chi connectivity index (χ1v) is 8.08. The van der Waals surface area contributed by atoms with E-state index in [1.54, 1.807) is 0 Å². The summed E-state index contributed by atoms with van der Waals surface area (Å²) in [7, 11) is -3.00. The highest BCUT2D eigenvalue weighted by atomic mass is 32.2. The lowest BCUT2D eigenvalue weighted by Crippen LogP contribution is -2.46. The number of rotatable bonds is 3. The molecule has 2 N–H and O–H groups in total. The Balaban J connectivity index is 1.93. The number of anilines is 1. The number of amides is 1. The van der Waals surface area contributed by atoms with Crippen LogP contribution in [-0.2, 0) is 14.6 Å². The van der Waals surface area contributed by atoms with Crippen molar-refractivity contribution in [1.82, 2.24) is 5.32 Å². The minimum Gasteiger partial charge on any atom is -0.326 e. The fourth-order valence-corrected chi connectivity index (χ4v) is 3.58. The van der Waals surface area contributed by atoms with Gasteiger partial charge in [-0.1, -0.05) is 18.2 Å². The molecule has 0 aromatic heterocycles. The molecule has 0 saturated carbocycles. The first-order valence-electron chi connectivity index (χ1n) is 6.25. The highest BCUT2D eigenvalue weighted by Crippen LogP contribution is 2.14. The van der Waals surface area contributed by atoms with Crippen molar-refractivity contribution in [3.63, 3.8) is 0 Å². The molecule has 0 aliphatic carbocycles. The maximum Gasteiger partial charge on any atom is 0.225 e. The molecule has 0 spiro atoms. The molecule has 2 rings (SSSR count). The number of benzene rings is 1. The van der Waals surface area contributed by atoms with Crippen LogP contribution in [0.4, 0.5) is 5.69 Å². The van der Waals surface area contributed by atoms with E-state index in [1.807, 2.05) is 31.2 Å². The summed E-state index contributed by atoms with van der Waals surface area (Å²) in [6, 6.07) is 7.21. The van der Waals surface area contributed by atoms with Crippen LogP contribution in [-0.4, -0.2) is 38.4 Å². The van der Waals surface area contributed by atoms with Crippen LogP contribution in [0.2, 0.25) is 0 Å². The monoisotopic (exact) mass is 282 g/mol. The Morgan fingerprint density at radius 1 is 1.42 bits per heavy atom. The molecule has 1 atom stereocenters. The number of para-hydroxylation sites is 1. The smallest absolute Gasteiger partial charge is 0.225 e. The summed E-state index contributed by atoms with van der Waals surface area (Å²) in [4.78, 5) is 11.9. The van der Waals surface area contributed by atoms with Crippen LogP contribution >= 0.6 is 0 Å². The first-order chi connectivity index (χ1) is 8.96. The number of nitrogens with one attached hydrogen (secondary N) is 2. The topological polar surface area (TPSA) is 75.3 Å². The molecule has 0 bridgehead atoms. The zero-order valence-corrected chi connectivity index (χ0v) is 11.7. The maximum atomic E-state index is 11.9. The lowest BCUT2D eigenvalue weighted by Gasteiger charge is -2.23. The SMILES string of the molecule is Cc1ccccc1NC(=O)CC1CS(=O)(=O)CCN1. The minimum atomic E-state index is -3.00. The van der Waals surface area contributed by atoms with Crippen LogP contribution < -0.4 is 10.6 Å². The minimum absolute atomic E-state index is 0.0359. The zero-order valence-electron chi connectivity index (χ0n) is 10.8. The molecule has 0 radical (unpaired) electrons. The molecule has 1 aliphatic rings. The van der Waals surface area contributed by atoms with E-state index in [4.69, 9.17) is 0 Å². The van der Waals surface area contributed by atoms with Crippen molar-refractivity contribution in [2.45, 2.75) is 19.4 Å². The summed E-state index contributed by atoms with van der Waals surface area (Å²) in [5, 5.41) is 5.88. The van der Waals surface area contributed by atoms with E-state index in [-0.39, 0.29) is 29.9 Å². The van der Waals surface area contributed by atoms with Gasteiger partial charge >= 0.3 is 0 Å². The van der Waals surface area contributed by atoms with Crippen LogP contribution in [0.5, 0.6) is 0 Å². The number of carbonyl (C=O) groups is 1. The van der Waals surface area contributed by atoms with E-state index >= 15 is 0 Å². The second-order valence-corrected chi connectivity index (χ2v) is 7.06. The highest BCUT2D eigenvalue weighted by molar-refractivity contribution is 7.91. The predicted molar refractivity (Wildman–Crippen MR) is 74.9 cm³/mol. The molecule has 19 heavy (non-hydrogen) atoms. The summed E-state index contributed by atoms with van der Waals surface area (Å²) in [5.41, 5.74) is 1.76. The van der Waals surface area contributed by atoms with E-state index in [0.29, 0.717) is 6.54 Å². The van der Waals surface area contributed by atoms with Crippen molar-refractivity contribution in [3.8, 4) is 0 Å². The predicted octanol–water partition coefficient (Wildman–Crippen LogP) is 0.710. The summed E-state index contributed by atoms with van der Waals surface area (Å²) >= 11 is 0. The van der Waals surface area contributed by atoms with Crippen LogP contribution in [0, 0.1) is 6.92 Å². The second kappa shape index (κ2) is 5.71. The van der Waals surface area contributed by atoms with Crippen LogP contribution in [0.15, 0.2) is 24.3 Å². The molecule has 1 aromatic carbocycles. The largest absolute Gasteiger partial charge is 0.326 e. The zero-order chi connectivity index (χ0) is 13.9. The van der Waals surface area contributed by atoms with Gasteiger partial charge in [0.05, 0.1) is 11.5 Å². The van der Waals surface area contributed by atoms with Gasteiger partial charge in [-0.05, 0) is 18.6 Å². The molecule has 5 nitrogen and oxygen atoms in total. The number of hydrogen-bond donors (Lipinski definition) is 2. The molecular weight excluding hydrogens is 264 g/mol. The molecule has 1 aliphatic heterocycles. The van der Waals surface area contributed by atoms with Gasteiger partial charge in [0.25, 0.3) is 0 Å². The standard InChI is InChI=1S/C13H18N2O3S/c1-10-4-2-3-5-12(10)15-13(16)8-11-9-19(17,18)7-6-14-11/h2-5,11,14H,6-9H2,1H3,(H,15,16). The Hall–Kier alpha value is -1.40. The fourth-order valence-electron chi connectivity index (χ4n) is 2.14. The summed E-state index contributed by atoms with van der Waals surface area (Å²) < 4.78 is 23.0. The molecule has 1 unspecified atom stereocenters. The molecule has 104 valence electrons. The Labute approximate surface area is 113 Å². The first kappa shape index (κ1) is 14.0. The van der Waals surface area contributed by atoms with Gasteiger partial charge in [0.15, 0.2) is 9.84 Å². The molecule has 1 saturated heterocycles. The van der Waals surface area contributed by atoms with Gasteiger partial charge in [-0.3, -0.25) is 4.79 Å². The van der Waals surface area contributed by atoms with Crippen LogP contribution in [0.1, 0.15) is 12.0 Å². The quantitative estimate of drug-likeness (QED) is 0.856. The van der Waals surface area contributed by atoms with Crippen molar-refractivity contribution in [2.75, 3.05) is 23.4 Å². The second-order valence-electron chi connectivity index (χ2n) is 4.83. The van der Waals surface area contributed by atoms with E-state index in [0.717, 1.165) is 11.3 Å². The van der Waals surface area contributed by atoms with Gasteiger partial charge in [-0.2, -0.15) is 0 Å². The van der Waals surface area contributed by atoms with Gasteiger partial charge in [0, 0.05) is 24.7 Å². The Morgan fingerprint density at radius 3 is 2.84 bits per heavy atom. The molecule has 6 heteroatoms. The fraction of sp³-hybridized carbons (Fsp3) is 0.462. The van der Waals surface area contributed by atoms with Crippen molar-refractivity contribution < 1.29 is 13.2 Å². The molecule has 1 amide bonds. The van der Waals surface area contributed by atoms with Crippen molar-refractivity contribution in [2.24, 2.45) is 0 Å². The normalized spacial score (nSPS) is 21.8. The number of sulfone groups is 1. The molecule has 1 fully saturated rings. The molecular formula is C13H18N2O3S. The molecule has 1 heterocycles. The van der Waals surface area contributed by atoms with Gasteiger partial charge in [0.2, 0.25) is 5.91 Å². The maximum absolute atomic E-state index is 11.9. The summed E-state index contributed by atoms with van der Waals surface area (Å²) in [6.07, 6.45) is 0.174. The Morgan fingerprint density at radius 2 is 2.16 bits per heavy atom. The Bertz CT molecular complexity index is 569. The average molecular weight is 282 g/mol. The Kier molecular flexibility index (Phi) is 4.21. The molecule has 1 aromatic rings. The van der Waals surface area contributed by atoms with Crippen LogP contribution in [0.25, 0.3) is 0 Å². The number of hydrogen-bond acceptors (Lipinski definition) is 4. The summed E-state index contributed by atoms with van der Waals surface area (Å²) in [5.74, 6) is 0.0285. The third kappa shape index (κ3) is 4.04. The number of aryl methyl sites for hydroxylation is 1. The van der Waals surface area contributed by atoms with Gasteiger partial charge < -0.3 is 10.6 Å².